The Kier molecular flexibility index (Phi) is 6.44. The van der Waals surface area contributed by atoms with Crippen LogP contribution in [0.15, 0.2) is 185 Å². The quantitative estimate of drug-likeness (QED) is 0.177. The fraction of sp³-hybridized carbons (Fsp3) is 0. The van der Waals surface area contributed by atoms with Crippen LogP contribution < -0.4 is 4.90 Å². The fourth-order valence-electron chi connectivity index (χ4n) is 8.44. The molecule has 0 aliphatic rings. The molecule has 0 aliphatic carbocycles. The van der Waals surface area contributed by atoms with E-state index in [1.165, 1.54) is 30.9 Å². The van der Waals surface area contributed by atoms with E-state index in [0.717, 1.165) is 72.4 Å². The molecule has 55 heavy (non-hydrogen) atoms. The van der Waals surface area contributed by atoms with Crippen molar-refractivity contribution in [2.24, 2.45) is 0 Å². The molecule has 0 unspecified atom stereocenters. The molecule has 0 spiro atoms. The maximum absolute atomic E-state index is 6.56. The number of furan rings is 1. The minimum absolute atomic E-state index is 0.591. The largest absolute Gasteiger partial charge is 0.456 e. The molecule has 0 fully saturated rings. The van der Waals surface area contributed by atoms with Gasteiger partial charge in [0.1, 0.15) is 16.7 Å². The van der Waals surface area contributed by atoms with Crippen LogP contribution in [-0.2, 0) is 0 Å². The van der Waals surface area contributed by atoms with Crippen LogP contribution in [0.25, 0.3) is 92.2 Å². The van der Waals surface area contributed by atoms with Crippen LogP contribution in [0.2, 0.25) is 0 Å². The lowest BCUT2D eigenvalue weighted by Gasteiger charge is -2.27. The number of hydrogen-bond acceptors (Lipinski definition) is 5. The Hall–Kier alpha value is -7.15. The van der Waals surface area contributed by atoms with Gasteiger partial charge in [-0.25, -0.2) is 4.98 Å². The molecule has 0 saturated heterocycles. The molecule has 6 heteroatoms. The minimum Gasteiger partial charge on any atom is -0.456 e. The molecule has 0 bridgehead atoms. The van der Waals surface area contributed by atoms with Crippen molar-refractivity contribution in [2.75, 3.05) is 4.90 Å². The molecule has 4 aromatic heterocycles. The topological polar surface area (TPSA) is 47.3 Å². The van der Waals surface area contributed by atoms with Gasteiger partial charge in [-0.3, -0.25) is 0 Å². The normalized spacial score (nSPS) is 12.0. The summed E-state index contributed by atoms with van der Waals surface area (Å²) in [7, 11) is 0. The molecule has 0 N–H and O–H groups in total. The van der Waals surface area contributed by atoms with E-state index in [1.807, 2.05) is 53.8 Å². The van der Waals surface area contributed by atoms with Gasteiger partial charge in [0, 0.05) is 48.6 Å². The summed E-state index contributed by atoms with van der Waals surface area (Å²) in [5, 5.41) is 6.78. The van der Waals surface area contributed by atoms with E-state index < -0.39 is 0 Å². The molecule has 0 amide bonds. The Morgan fingerprint density at radius 3 is 2.11 bits per heavy atom. The summed E-state index contributed by atoms with van der Waals surface area (Å²) >= 11 is 1.84. The van der Waals surface area contributed by atoms with E-state index in [9.17, 15) is 0 Å². The number of hydrogen-bond donors (Lipinski definition) is 0. The van der Waals surface area contributed by atoms with Gasteiger partial charge in [0.25, 0.3) is 0 Å². The summed E-state index contributed by atoms with van der Waals surface area (Å²) in [5.74, 6) is 0.591. The number of thiophene rings is 1. The van der Waals surface area contributed by atoms with Crippen molar-refractivity contribution in [3.8, 4) is 17.1 Å². The van der Waals surface area contributed by atoms with Crippen LogP contribution in [0.4, 0.5) is 17.1 Å². The molecule has 0 aliphatic heterocycles. The van der Waals surface area contributed by atoms with Crippen molar-refractivity contribution >= 4 is 103 Å². The highest BCUT2D eigenvalue weighted by Crippen LogP contribution is 2.49. The molecule has 0 radical (unpaired) electrons. The van der Waals surface area contributed by atoms with Gasteiger partial charge in [0.15, 0.2) is 5.58 Å². The average molecular weight is 724 g/mol. The summed E-state index contributed by atoms with van der Waals surface area (Å²) in [6.45, 7) is 0. The first-order chi connectivity index (χ1) is 27.3. The van der Waals surface area contributed by atoms with Crippen molar-refractivity contribution in [1.29, 1.82) is 0 Å². The first-order valence-corrected chi connectivity index (χ1v) is 19.2. The SMILES string of the molecule is c1ccc(-c2nc3ccc4oc5ccc(N(c6cccc7c6sc6ccccc67)c6cccc7c6c6ccccc6n7-c6ccccc6)cc5c4c3o2)cc1. The van der Waals surface area contributed by atoms with Crippen molar-refractivity contribution in [3.63, 3.8) is 0 Å². The van der Waals surface area contributed by atoms with Crippen molar-refractivity contribution in [2.45, 2.75) is 0 Å². The van der Waals surface area contributed by atoms with Gasteiger partial charge < -0.3 is 18.3 Å². The molecule has 8 aromatic carbocycles. The van der Waals surface area contributed by atoms with Crippen molar-refractivity contribution in [1.82, 2.24) is 9.55 Å². The Morgan fingerprint density at radius 1 is 0.509 bits per heavy atom. The van der Waals surface area contributed by atoms with Crippen molar-refractivity contribution in [3.05, 3.63) is 176 Å². The molecule has 258 valence electrons. The maximum Gasteiger partial charge on any atom is 0.227 e. The molecule has 4 heterocycles. The van der Waals surface area contributed by atoms with E-state index in [0.29, 0.717) is 5.89 Å². The predicted molar refractivity (Wildman–Crippen MR) is 229 cm³/mol. The zero-order valence-corrected chi connectivity index (χ0v) is 30.1. The van der Waals surface area contributed by atoms with Crippen LogP contribution in [-0.4, -0.2) is 9.55 Å². The highest BCUT2D eigenvalue weighted by molar-refractivity contribution is 7.26. The van der Waals surface area contributed by atoms with Gasteiger partial charge >= 0.3 is 0 Å². The number of para-hydroxylation sites is 2. The number of aromatic nitrogens is 2. The van der Waals surface area contributed by atoms with E-state index >= 15 is 0 Å². The molecular formula is C49H29N3O2S. The Bertz CT molecular complexity index is 3450. The monoisotopic (exact) mass is 723 g/mol. The Morgan fingerprint density at radius 2 is 1.22 bits per heavy atom. The number of fused-ring (bicyclic) bond motifs is 11. The Balaban J connectivity index is 1.17. The lowest BCUT2D eigenvalue weighted by molar-refractivity contribution is 0.622. The van der Waals surface area contributed by atoms with E-state index in [1.54, 1.807) is 0 Å². The second-order valence-corrected chi connectivity index (χ2v) is 15.0. The summed E-state index contributed by atoms with van der Waals surface area (Å²) in [5.41, 5.74) is 10.7. The molecule has 12 rings (SSSR count). The fourth-order valence-corrected chi connectivity index (χ4v) is 9.64. The lowest BCUT2D eigenvalue weighted by atomic mass is 10.1. The molecular weight excluding hydrogens is 695 g/mol. The molecule has 12 aromatic rings. The minimum atomic E-state index is 0.591. The third-order valence-corrected chi connectivity index (χ3v) is 12.0. The van der Waals surface area contributed by atoms with Gasteiger partial charge in [0.05, 0.1) is 32.5 Å². The third kappa shape index (κ3) is 4.49. The standard InChI is InChI=1S/C49H29N3O2S/c1-3-13-30(14-4-1)49-50-37-26-28-43-46(47(37)54-49)36-29-32(25-27-42(36)53-43)52(41-23-11-19-34-33-17-8-10-24-44(33)55-48(34)41)40-22-12-21-39-45(40)35-18-7-9-20-38(35)51(39)31-15-5-2-6-16-31/h1-29H. The van der Waals surface area contributed by atoms with Gasteiger partial charge in [0.2, 0.25) is 5.89 Å². The molecule has 5 nitrogen and oxygen atoms in total. The van der Waals surface area contributed by atoms with E-state index in [4.69, 9.17) is 13.8 Å². The first-order valence-electron chi connectivity index (χ1n) is 18.4. The van der Waals surface area contributed by atoms with Crippen LogP contribution in [0.3, 0.4) is 0 Å². The second kappa shape index (κ2) is 11.7. The van der Waals surface area contributed by atoms with E-state index in [2.05, 4.69) is 143 Å². The second-order valence-electron chi connectivity index (χ2n) is 13.9. The van der Waals surface area contributed by atoms with Gasteiger partial charge in [-0.05, 0) is 84.9 Å². The first kappa shape index (κ1) is 30.3. The highest BCUT2D eigenvalue weighted by atomic mass is 32.1. The molecule has 0 saturated carbocycles. The van der Waals surface area contributed by atoms with Crippen LogP contribution >= 0.6 is 11.3 Å². The van der Waals surface area contributed by atoms with E-state index in [-0.39, 0.29) is 0 Å². The smallest absolute Gasteiger partial charge is 0.227 e. The summed E-state index contributed by atoms with van der Waals surface area (Å²) in [6.07, 6.45) is 0. The maximum atomic E-state index is 6.56. The average Bonchev–Trinajstić information content (AvgIpc) is 4.02. The van der Waals surface area contributed by atoms with Crippen LogP contribution in [0.1, 0.15) is 0 Å². The van der Waals surface area contributed by atoms with Crippen molar-refractivity contribution < 1.29 is 8.83 Å². The summed E-state index contributed by atoms with van der Waals surface area (Å²) in [6, 6.07) is 62.0. The third-order valence-electron chi connectivity index (χ3n) is 10.8. The van der Waals surface area contributed by atoms with Gasteiger partial charge in [-0.1, -0.05) is 91.0 Å². The number of anilines is 3. The number of rotatable bonds is 5. The van der Waals surface area contributed by atoms with Crippen LogP contribution in [0.5, 0.6) is 0 Å². The van der Waals surface area contributed by atoms with Gasteiger partial charge in [-0.2, -0.15) is 0 Å². The van der Waals surface area contributed by atoms with Crippen LogP contribution in [0, 0.1) is 0 Å². The summed E-state index contributed by atoms with van der Waals surface area (Å²) in [4.78, 5) is 7.34. The number of oxazole rings is 1. The molecule has 0 atom stereocenters. The highest BCUT2D eigenvalue weighted by Gasteiger charge is 2.25. The zero-order chi connectivity index (χ0) is 36.0. The lowest BCUT2D eigenvalue weighted by Crippen LogP contribution is -2.10. The summed E-state index contributed by atoms with van der Waals surface area (Å²) < 4.78 is 17.9. The Labute approximate surface area is 318 Å². The predicted octanol–water partition coefficient (Wildman–Crippen LogP) is 14.3. The number of benzene rings is 8. The van der Waals surface area contributed by atoms with Gasteiger partial charge in [-0.15, -0.1) is 11.3 Å². The number of nitrogens with zero attached hydrogens (tertiary/aromatic N) is 3. The zero-order valence-electron chi connectivity index (χ0n) is 29.3.